The molecule has 4 heteroatoms. The number of hydrogen-bond donors (Lipinski definition) is 3. The van der Waals surface area contributed by atoms with Crippen LogP contribution in [0.2, 0.25) is 0 Å². The summed E-state index contributed by atoms with van der Waals surface area (Å²) in [6.45, 7) is 0.787. The van der Waals surface area contributed by atoms with Crippen LogP contribution in [-0.2, 0) is 0 Å². The zero-order valence-corrected chi connectivity index (χ0v) is 8.08. The summed E-state index contributed by atoms with van der Waals surface area (Å²) in [7, 11) is 0. The number of nitrogens with one attached hydrogen (secondary N) is 3. The molecule has 3 N–H and O–H groups in total. The lowest BCUT2D eigenvalue weighted by Gasteiger charge is -2.07. The van der Waals surface area contributed by atoms with Crippen molar-refractivity contribution in [3.63, 3.8) is 0 Å². The lowest BCUT2D eigenvalue weighted by Crippen LogP contribution is -2.13. The largest absolute Gasteiger partial charge is 0.369 e. The van der Waals surface area contributed by atoms with E-state index in [2.05, 4.69) is 15.5 Å². The second kappa shape index (κ2) is 3.02. The predicted octanol–water partition coefficient (Wildman–Crippen LogP) is 1.26. The second-order valence-corrected chi connectivity index (χ2v) is 3.71. The van der Waals surface area contributed by atoms with Gasteiger partial charge in [0.25, 0.3) is 5.56 Å². The van der Waals surface area contributed by atoms with Crippen molar-refractivity contribution in [2.75, 3.05) is 11.9 Å². The van der Waals surface area contributed by atoms with Gasteiger partial charge in [-0.05, 0) is 5.56 Å². The Hall–Kier alpha value is -1.97. The highest BCUT2D eigenvalue weighted by Gasteiger charge is 2.27. The number of H-pyrrole nitrogens is 2. The first-order valence-electron chi connectivity index (χ1n) is 4.95. The summed E-state index contributed by atoms with van der Waals surface area (Å²) >= 11 is 0. The van der Waals surface area contributed by atoms with Gasteiger partial charge in [0.15, 0.2) is 0 Å². The summed E-state index contributed by atoms with van der Waals surface area (Å²) < 4.78 is 0. The van der Waals surface area contributed by atoms with Gasteiger partial charge in [-0.1, -0.05) is 30.3 Å². The molecule has 1 aliphatic heterocycles. The maximum absolute atomic E-state index is 11.6. The van der Waals surface area contributed by atoms with Crippen LogP contribution >= 0.6 is 0 Å². The van der Waals surface area contributed by atoms with Gasteiger partial charge in [0.2, 0.25) is 0 Å². The molecule has 3 rings (SSSR count). The molecule has 1 aliphatic rings. The summed E-state index contributed by atoms with van der Waals surface area (Å²) in [6, 6.07) is 10.1. The quantitative estimate of drug-likeness (QED) is 0.650. The van der Waals surface area contributed by atoms with Crippen molar-refractivity contribution in [3.8, 4) is 0 Å². The van der Waals surface area contributed by atoms with Crippen molar-refractivity contribution in [1.82, 2.24) is 10.2 Å². The number of hydrogen-bond acceptors (Lipinski definition) is 2. The third kappa shape index (κ3) is 1.18. The van der Waals surface area contributed by atoms with Crippen LogP contribution in [-0.4, -0.2) is 16.7 Å². The minimum atomic E-state index is -0.0242. The Bertz CT molecular complexity index is 526. The molecule has 0 amide bonds. The van der Waals surface area contributed by atoms with E-state index in [1.54, 1.807) is 0 Å². The van der Waals surface area contributed by atoms with Gasteiger partial charge in [-0.3, -0.25) is 15.0 Å². The molecule has 0 spiro atoms. The molecule has 2 heterocycles. The van der Waals surface area contributed by atoms with E-state index in [-0.39, 0.29) is 11.5 Å². The first kappa shape index (κ1) is 8.35. The molecule has 0 unspecified atom stereocenters. The molecule has 4 nitrogen and oxygen atoms in total. The highest BCUT2D eigenvalue weighted by atomic mass is 16.1. The molecule has 76 valence electrons. The van der Waals surface area contributed by atoms with E-state index in [0.29, 0.717) is 0 Å². The molecule has 2 aromatic rings. The van der Waals surface area contributed by atoms with E-state index in [0.717, 1.165) is 17.9 Å². The second-order valence-electron chi connectivity index (χ2n) is 3.71. The highest BCUT2D eigenvalue weighted by molar-refractivity contribution is 5.54. The minimum absolute atomic E-state index is 0.0242. The van der Waals surface area contributed by atoms with Gasteiger partial charge in [0.05, 0.1) is 5.56 Å². The zero-order chi connectivity index (χ0) is 10.3. The van der Waals surface area contributed by atoms with Gasteiger partial charge in [-0.15, -0.1) is 0 Å². The minimum Gasteiger partial charge on any atom is -0.369 e. The fourth-order valence-electron chi connectivity index (χ4n) is 2.12. The number of anilines is 1. The third-order valence-corrected chi connectivity index (χ3v) is 2.85. The van der Waals surface area contributed by atoms with Gasteiger partial charge in [0.1, 0.15) is 5.82 Å². The number of benzene rings is 1. The van der Waals surface area contributed by atoms with E-state index in [1.165, 1.54) is 5.56 Å². The number of aromatic amines is 2. The van der Waals surface area contributed by atoms with Crippen LogP contribution in [0, 0.1) is 0 Å². The van der Waals surface area contributed by atoms with Gasteiger partial charge in [-0.25, -0.2) is 0 Å². The average molecular weight is 201 g/mol. The summed E-state index contributed by atoms with van der Waals surface area (Å²) in [5.41, 5.74) is 1.97. The normalized spacial score (nSPS) is 18.5. The first-order valence-corrected chi connectivity index (χ1v) is 4.95. The fraction of sp³-hybridized carbons (Fsp3) is 0.182. The van der Waals surface area contributed by atoms with Gasteiger partial charge in [0, 0.05) is 12.5 Å². The lowest BCUT2D eigenvalue weighted by molar-refractivity contribution is 0.881. The molecular weight excluding hydrogens is 190 g/mol. The monoisotopic (exact) mass is 201 g/mol. The Kier molecular flexibility index (Phi) is 1.68. The summed E-state index contributed by atoms with van der Waals surface area (Å²) in [5.74, 6) is 0.991. The van der Waals surface area contributed by atoms with E-state index in [4.69, 9.17) is 0 Å². The molecule has 0 saturated heterocycles. The first-order chi connectivity index (χ1) is 7.36. The average Bonchev–Trinajstić information content (AvgIpc) is 2.84. The Morgan fingerprint density at radius 3 is 2.73 bits per heavy atom. The van der Waals surface area contributed by atoms with E-state index < -0.39 is 0 Å². The van der Waals surface area contributed by atoms with Crippen molar-refractivity contribution in [2.45, 2.75) is 5.92 Å². The van der Waals surface area contributed by atoms with Gasteiger partial charge in [-0.2, -0.15) is 0 Å². The maximum Gasteiger partial charge on any atom is 0.269 e. The summed E-state index contributed by atoms with van der Waals surface area (Å²) in [6.07, 6.45) is 0. The Morgan fingerprint density at radius 2 is 1.93 bits per heavy atom. The molecule has 0 bridgehead atoms. The standard InChI is InChI=1S/C11H11N3O/c15-11-9-8(6-12-10(9)13-14-11)7-4-2-1-3-5-7/h1-5,8H,6H2,(H3,12,13,14,15)/t8-/m1/s1. The molecule has 0 saturated carbocycles. The van der Waals surface area contributed by atoms with Crippen LogP contribution in [0.4, 0.5) is 5.82 Å². The molecule has 1 aromatic heterocycles. The molecule has 0 radical (unpaired) electrons. The fourth-order valence-corrected chi connectivity index (χ4v) is 2.12. The Balaban J connectivity index is 2.11. The van der Waals surface area contributed by atoms with Crippen molar-refractivity contribution in [3.05, 3.63) is 51.8 Å². The van der Waals surface area contributed by atoms with Crippen LogP contribution in [0.15, 0.2) is 35.1 Å². The number of aromatic nitrogens is 2. The van der Waals surface area contributed by atoms with Crippen molar-refractivity contribution < 1.29 is 0 Å². The Morgan fingerprint density at radius 1 is 1.13 bits per heavy atom. The SMILES string of the molecule is O=c1[nH][nH]c2c1[C@@H](c1ccccc1)CN2. The van der Waals surface area contributed by atoms with E-state index >= 15 is 0 Å². The third-order valence-electron chi connectivity index (χ3n) is 2.85. The smallest absolute Gasteiger partial charge is 0.269 e. The van der Waals surface area contributed by atoms with Gasteiger partial charge >= 0.3 is 0 Å². The lowest BCUT2D eigenvalue weighted by atomic mass is 9.95. The van der Waals surface area contributed by atoms with Crippen LogP contribution in [0.3, 0.4) is 0 Å². The van der Waals surface area contributed by atoms with Crippen LogP contribution < -0.4 is 10.9 Å². The maximum atomic E-state index is 11.6. The van der Waals surface area contributed by atoms with Gasteiger partial charge < -0.3 is 5.32 Å². The number of rotatable bonds is 1. The van der Waals surface area contributed by atoms with Crippen molar-refractivity contribution in [2.24, 2.45) is 0 Å². The van der Waals surface area contributed by atoms with Crippen LogP contribution in [0.1, 0.15) is 17.0 Å². The molecule has 0 aliphatic carbocycles. The molecular formula is C11H11N3O. The van der Waals surface area contributed by atoms with Crippen LogP contribution in [0.5, 0.6) is 0 Å². The molecule has 15 heavy (non-hydrogen) atoms. The predicted molar refractivity (Wildman–Crippen MR) is 58.2 cm³/mol. The van der Waals surface area contributed by atoms with E-state index in [1.807, 2.05) is 30.3 Å². The Labute approximate surface area is 86.3 Å². The topological polar surface area (TPSA) is 60.7 Å². The summed E-state index contributed by atoms with van der Waals surface area (Å²) in [5, 5.41) is 8.62. The molecule has 1 atom stereocenters. The molecule has 1 aromatic carbocycles. The number of fused-ring (bicyclic) bond motifs is 1. The van der Waals surface area contributed by atoms with Crippen LogP contribution in [0.25, 0.3) is 0 Å². The summed E-state index contributed by atoms with van der Waals surface area (Å²) in [4.78, 5) is 11.6. The molecule has 0 fully saturated rings. The van der Waals surface area contributed by atoms with Crippen molar-refractivity contribution in [1.29, 1.82) is 0 Å². The highest BCUT2D eigenvalue weighted by Crippen LogP contribution is 2.31. The van der Waals surface area contributed by atoms with E-state index in [9.17, 15) is 4.79 Å². The van der Waals surface area contributed by atoms with Crippen molar-refractivity contribution >= 4 is 5.82 Å². The zero-order valence-electron chi connectivity index (χ0n) is 8.08.